The van der Waals surface area contributed by atoms with E-state index >= 15 is 0 Å². The lowest BCUT2D eigenvalue weighted by molar-refractivity contribution is 0.143. The fourth-order valence-corrected chi connectivity index (χ4v) is 2.84. The molecule has 2 N–H and O–H groups in total. The Labute approximate surface area is 138 Å². The van der Waals surface area contributed by atoms with E-state index < -0.39 is 0 Å². The minimum Gasteiger partial charge on any atom is -0.382 e. The van der Waals surface area contributed by atoms with E-state index in [1.54, 1.807) is 11.3 Å². The number of ether oxygens (including phenoxy) is 1. The third-order valence-corrected chi connectivity index (χ3v) is 4.24. The van der Waals surface area contributed by atoms with Gasteiger partial charge < -0.3 is 15.4 Å². The van der Waals surface area contributed by atoms with Crippen LogP contribution in [0, 0.1) is 6.92 Å². The van der Waals surface area contributed by atoms with E-state index in [2.05, 4.69) is 26.0 Å². The normalized spacial score (nSPS) is 11.7. The molecule has 1 aromatic rings. The van der Waals surface area contributed by atoms with Crippen molar-refractivity contribution in [3.05, 3.63) is 16.1 Å². The molecule has 0 bridgehead atoms. The van der Waals surface area contributed by atoms with Crippen LogP contribution < -0.4 is 10.6 Å². The van der Waals surface area contributed by atoms with Crippen molar-refractivity contribution in [3.63, 3.8) is 0 Å². The first-order valence-corrected chi connectivity index (χ1v) is 9.07. The van der Waals surface area contributed by atoms with Crippen LogP contribution in [-0.4, -0.2) is 44.3 Å². The molecule has 0 aliphatic heterocycles. The topological polar surface area (TPSA) is 58.5 Å². The van der Waals surface area contributed by atoms with Gasteiger partial charge in [-0.25, -0.2) is 4.98 Å². The van der Waals surface area contributed by atoms with Crippen LogP contribution >= 0.6 is 11.3 Å². The molecule has 0 aromatic carbocycles. The fraction of sp³-hybridized carbons (Fsp3) is 0.750. The summed E-state index contributed by atoms with van der Waals surface area (Å²) in [6.45, 7) is 7.61. The van der Waals surface area contributed by atoms with Crippen LogP contribution in [0.15, 0.2) is 10.4 Å². The van der Waals surface area contributed by atoms with Crippen molar-refractivity contribution in [2.75, 3.05) is 33.4 Å². The zero-order valence-corrected chi connectivity index (χ0v) is 15.0. The maximum absolute atomic E-state index is 5.32. The Morgan fingerprint density at radius 1 is 1.23 bits per heavy atom. The lowest BCUT2D eigenvalue weighted by Gasteiger charge is -2.11. The molecule has 6 heteroatoms. The van der Waals surface area contributed by atoms with E-state index in [1.165, 1.54) is 5.01 Å². The summed E-state index contributed by atoms with van der Waals surface area (Å²) in [7, 11) is 1.81. The first-order chi connectivity index (χ1) is 10.8. The lowest BCUT2D eigenvalue weighted by Crippen LogP contribution is -2.38. The molecule has 1 rings (SSSR count). The molecule has 0 fully saturated rings. The molecule has 0 atom stereocenters. The summed E-state index contributed by atoms with van der Waals surface area (Å²) in [6.07, 6.45) is 5.55. The number of aliphatic imine (C=N–C) groups is 1. The quantitative estimate of drug-likeness (QED) is 0.373. The molecule has 1 aromatic heterocycles. The summed E-state index contributed by atoms with van der Waals surface area (Å²) < 4.78 is 5.32. The van der Waals surface area contributed by atoms with E-state index in [1.807, 2.05) is 20.9 Å². The maximum Gasteiger partial charge on any atom is 0.190 e. The van der Waals surface area contributed by atoms with Crippen LogP contribution in [0.5, 0.6) is 0 Å². The van der Waals surface area contributed by atoms with Crippen molar-refractivity contribution in [2.45, 2.75) is 46.0 Å². The molecule has 22 heavy (non-hydrogen) atoms. The van der Waals surface area contributed by atoms with Crippen molar-refractivity contribution < 1.29 is 4.74 Å². The molecule has 0 aliphatic rings. The highest BCUT2D eigenvalue weighted by Crippen LogP contribution is 2.11. The zero-order chi connectivity index (χ0) is 16.0. The smallest absolute Gasteiger partial charge is 0.190 e. The van der Waals surface area contributed by atoms with Crippen LogP contribution in [-0.2, 0) is 11.2 Å². The fourth-order valence-electron chi connectivity index (χ4n) is 2.03. The van der Waals surface area contributed by atoms with Crippen molar-refractivity contribution in [1.82, 2.24) is 15.6 Å². The predicted octanol–water partition coefficient (Wildman–Crippen LogP) is 2.76. The number of thiazole rings is 1. The van der Waals surface area contributed by atoms with Crippen LogP contribution in [0.1, 0.15) is 43.3 Å². The zero-order valence-electron chi connectivity index (χ0n) is 14.2. The van der Waals surface area contributed by atoms with Gasteiger partial charge in [0.25, 0.3) is 0 Å². The van der Waals surface area contributed by atoms with Gasteiger partial charge in [0.2, 0.25) is 0 Å². The van der Waals surface area contributed by atoms with Gasteiger partial charge in [0.15, 0.2) is 5.96 Å². The van der Waals surface area contributed by atoms with Crippen LogP contribution in [0.3, 0.4) is 0 Å². The second kappa shape index (κ2) is 12.4. The monoisotopic (exact) mass is 326 g/mol. The lowest BCUT2D eigenvalue weighted by atomic mass is 10.2. The Kier molecular flexibility index (Phi) is 10.7. The number of hydrogen-bond donors (Lipinski definition) is 2. The minimum absolute atomic E-state index is 0.803. The Balaban J connectivity index is 1.99. The Hall–Kier alpha value is -1.14. The first-order valence-electron chi connectivity index (χ1n) is 8.19. The van der Waals surface area contributed by atoms with Gasteiger partial charge in [-0.2, -0.15) is 0 Å². The molecular formula is C16H30N4OS. The van der Waals surface area contributed by atoms with Crippen molar-refractivity contribution in [3.8, 4) is 0 Å². The number of rotatable bonds is 11. The molecule has 0 saturated heterocycles. The van der Waals surface area contributed by atoms with Gasteiger partial charge in [0.1, 0.15) is 0 Å². The number of hydrogen-bond acceptors (Lipinski definition) is 4. The number of aryl methyl sites for hydroxylation is 2. The van der Waals surface area contributed by atoms with Crippen LogP contribution in [0.25, 0.3) is 0 Å². The van der Waals surface area contributed by atoms with Crippen molar-refractivity contribution in [1.29, 1.82) is 0 Å². The molecule has 0 radical (unpaired) electrons. The standard InChI is InChI=1S/C16H30N4OS/c1-4-21-12-8-7-11-19-16(17-3)18-10-6-5-9-15-20-14(2)13-22-15/h13H,4-12H2,1-3H3,(H2,17,18,19). The first kappa shape index (κ1) is 18.9. The van der Waals surface area contributed by atoms with Gasteiger partial charge in [-0.1, -0.05) is 0 Å². The number of aromatic nitrogens is 1. The largest absolute Gasteiger partial charge is 0.382 e. The highest BCUT2D eigenvalue weighted by atomic mass is 32.1. The second-order valence-corrected chi connectivity index (χ2v) is 6.11. The Bertz CT molecular complexity index is 420. The second-order valence-electron chi connectivity index (χ2n) is 5.17. The molecule has 0 amide bonds. The summed E-state index contributed by atoms with van der Waals surface area (Å²) in [4.78, 5) is 8.72. The summed E-state index contributed by atoms with van der Waals surface area (Å²) in [6, 6.07) is 0. The van der Waals surface area contributed by atoms with Crippen LogP contribution in [0.2, 0.25) is 0 Å². The predicted molar refractivity (Wildman–Crippen MR) is 94.9 cm³/mol. The molecule has 0 aliphatic carbocycles. The maximum atomic E-state index is 5.32. The van der Waals surface area contributed by atoms with Crippen molar-refractivity contribution >= 4 is 17.3 Å². The van der Waals surface area contributed by atoms with E-state index in [0.29, 0.717) is 0 Å². The summed E-state index contributed by atoms with van der Waals surface area (Å²) in [5.74, 6) is 0.890. The van der Waals surface area contributed by atoms with Gasteiger partial charge >= 0.3 is 0 Å². The molecular weight excluding hydrogens is 296 g/mol. The third kappa shape index (κ3) is 9.00. The third-order valence-electron chi connectivity index (χ3n) is 3.21. The Morgan fingerprint density at radius 2 is 1.95 bits per heavy atom. The SMILES string of the molecule is CCOCCCCNC(=NC)NCCCCc1nc(C)cs1. The highest BCUT2D eigenvalue weighted by Gasteiger charge is 2.00. The molecule has 0 spiro atoms. The average molecular weight is 327 g/mol. The Morgan fingerprint density at radius 3 is 2.55 bits per heavy atom. The summed E-state index contributed by atoms with van der Waals surface area (Å²) >= 11 is 1.76. The molecule has 1 heterocycles. The highest BCUT2D eigenvalue weighted by molar-refractivity contribution is 7.09. The number of nitrogens with one attached hydrogen (secondary N) is 2. The van der Waals surface area contributed by atoms with E-state index in [-0.39, 0.29) is 0 Å². The van der Waals surface area contributed by atoms with Gasteiger partial charge in [-0.15, -0.1) is 11.3 Å². The molecule has 0 unspecified atom stereocenters. The molecule has 126 valence electrons. The average Bonchev–Trinajstić information content (AvgIpc) is 2.93. The van der Waals surface area contributed by atoms with Gasteiger partial charge in [0.05, 0.1) is 5.01 Å². The molecule has 0 saturated carbocycles. The van der Waals surface area contributed by atoms with Gasteiger partial charge in [0, 0.05) is 44.4 Å². The summed E-state index contributed by atoms with van der Waals surface area (Å²) in [5.41, 5.74) is 1.13. The number of nitrogens with zero attached hydrogens (tertiary/aromatic N) is 2. The number of guanidine groups is 1. The van der Waals surface area contributed by atoms with Gasteiger partial charge in [-0.3, -0.25) is 4.99 Å². The van der Waals surface area contributed by atoms with E-state index in [4.69, 9.17) is 4.74 Å². The van der Waals surface area contributed by atoms with E-state index in [9.17, 15) is 0 Å². The number of unbranched alkanes of at least 4 members (excludes halogenated alkanes) is 2. The van der Waals surface area contributed by atoms with Gasteiger partial charge in [-0.05, 0) is 46.0 Å². The van der Waals surface area contributed by atoms with Crippen LogP contribution in [0.4, 0.5) is 0 Å². The summed E-state index contributed by atoms with van der Waals surface area (Å²) in [5, 5.41) is 10.0. The van der Waals surface area contributed by atoms with Crippen molar-refractivity contribution in [2.24, 2.45) is 4.99 Å². The van der Waals surface area contributed by atoms with E-state index in [0.717, 1.165) is 70.1 Å². The minimum atomic E-state index is 0.803. The molecule has 5 nitrogen and oxygen atoms in total.